The largest absolute Gasteiger partial charge is 0.462 e. The second-order valence-corrected chi connectivity index (χ2v) is 20.6. The molecule has 1 atom stereocenters. The van der Waals surface area contributed by atoms with Crippen LogP contribution in [0, 0.1) is 0 Å². The molecule has 0 saturated carbocycles. The summed E-state index contributed by atoms with van der Waals surface area (Å²) in [5.41, 5.74) is 0. The van der Waals surface area contributed by atoms with Crippen molar-refractivity contribution in [3.63, 3.8) is 0 Å². The van der Waals surface area contributed by atoms with E-state index in [9.17, 15) is 14.4 Å². The number of carbonyl (C=O) groups excluding carboxylic acids is 3. The summed E-state index contributed by atoms with van der Waals surface area (Å²) in [5.74, 6) is -0.902. The molecule has 0 aromatic heterocycles. The number of allylic oxidation sites excluding steroid dienone is 14. The van der Waals surface area contributed by atoms with Crippen molar-refractivity contribution in [2.45, 2.75) is 309 Å². The summed E-state index contributed by atoms with van der Waals surface area (Å²) in [6.07, 6.45) is 80.1. The van der Waals surface area contributed by atoms with Crippen LogP contribution in [0.1, 0.15) is 303 Å². The van der Waals surface area contributed by atoms with Crippen molar-refractivity contribution in [1.29, 1.82) is 0 Å². The molecule has 420 valence electrons. The van der Waals surface area contributed by atoms with Crippen molar-refractivity contribution in [2.24, 2.45) is 0 Å². The van der Waals surface area contributed by atoms with Crippen LogP contribution >= 0.6 is 0 Å². The normalized spacial score (nSPS) is 12.6. The number of carbonyl (C=O) groups is 3. The van der Waals surface area contributed by atoms with Crippen molar-refractivity contribution in [3.8, 4) is 0 Å². The average Bonchev–Trinajstić information content (AvgIpc) is 3.39. The van der Waals surface area contributed by atoms with E-state index in [1.165, 1.54) is 154 Å². The number of hydrogen-bond donors (Lipinski definition) is 0. The van der Waals surface area contributed by atoms with Gasteiger partial charge in [-0.05, 0) is 116 Å². The molecule has 0 aliphatic rings. The molecule has 0 N–H and O–H groups in total. The van der Waals surface area contributed by atoms with Gasteiger partial charge in [0.1, 0.15) is 13.2 Å². The Morgan fingerprint density at radius 1 is 0.288 bits per heavy atom. The maximum absolute atomic E-state index is 12.9. The second kappa shape index (κ2) is 61.1. The summed E-state index contributed by atoms with van der Waals surface area (Å²) in [6, 6.07) is 0. The molecule has 0 heterocycles. The lowest BCUT2D eigenvalue weighted by Gasteiger charge is -2.18. The summed E-state index contributed by atoms with van der Waals surface area (Å²) < 4.78 is 16.9. The van der Waals surface area contributed by atoms with Gasteiger partial charge in [-0.2, -0.15) is 0 Å². The maximum atomic E-state index is 12.9. The summed E-state index contributed by atoms with van der Waals surface area (Å²) >= 11 is 0. The van der Waals surface area contributed by atoms with E-state index in [1.807, 2.05) is 0 Å². The molecule has 73 heavy (non-hydrogen) atoms. The number of rotatable bonds is 56. The summed E-state index contributed by atoms with van der Waals surface area (Å²) in [6.45, 7) is 6.50. The van der Waals surface area contributed by atoms with Crippen LogP contribution in [0.25, 0.3) is 0 Å². The number of ether oxygens (including phenoxy) is 3. The minimum Gasteiger partial charge on any atom is -0.462 e. The molecule has 0 aromatic carbocycles. The van der Waals surface area contributed by atoms with Gasteiger partial charge in [-0.1, -0.05) is 254 Å². The Bertz CT molecular complexity index is 1400. The lowest BCUT2D eigenvalue weighted by atomic mass is 10.0. The van der Waals surface area contributed by atoms with Crippen molar-refractivity contribution >= 4 is 17.9 Å². The molecule has 0 aliphatic heterocycles. The molecule has 6 nitrogen and oxygen atoms in total. The van der Waals surface area contributed by atoms with Crippen molar-refractivity contribution in [2.75, 3.05) is 13.2 Å². The topological polar surface area (TPSA) is 78.9 Å². The highest BCUT2D eigenvalue weighted by molar-refractivity contribution is 5.71. The number of hydrogen-bond acceptors (Lipinski definition) is 6. The molecule has 0 saturated heterocycles. The Kier molecular flexibility index (Phi) is 58.3. The molecule has 0 fully saturated rings. The summed E-state index contributed by atoms with van der Waals surface area (Å²) in [5, 5.41) is 0. The van der Waals surface area contributed by atoms with Gasteiger partial charge in [0.15, 0.2) is 6.10 Å². The third-order valence-electron chi connectivity index (χ3n) is 13.4. The second-order valence-electron chi connectivity index (χ2n) is 20.6. The Morgan fingerprint density at radius 3 is 0.863 bits per heavy atom. The molecule has 0 aromatic rings. The van der Waals surface area contributed by atoms with E-state index >= 15 is 0 Å². The van der Waals surface area contributed by atoms with Crippen LogP contribution in [0.3, 0.4) is 0 Å². The van der Waals surface area contributed by atoms with Crippen LogP contribution in [0.5, 0.6) is 0 Å². The minimum atomic E-state index is -0.790. The van der Waals surface area contributed by atoms with Crippen LogP contribution in [0.15, 0.2) is 85.1 Å². The zero-order valence-corrected chi connectivity index (χ0v) is 48.1. The van der Waals surface area contributed by atoms with Crippen molar-refractivity contribution < 1.29 is 28.6 Å². The molecule has 0 rings (SSSR count). The van der Waals surface area contributed by atoms with E-state index in [0.29, 0.717) is 19.3 Å². The lowest BCUT2D eigenvalue weighted by Crippen LogP contribution is -2.30. The molecular formula is C67H116O6. The van der Waals surface area contributed by atoms with Gasteiger partial charge in [0.25, 0.3) is 0 Å². The maximum Gasteiger partial charge on any atom is 0.306 e. The van der Waals surface area contributed by atoms with Crippen molar-refractivity contribution in [1.82, 2.24) is 0 Å². The Morgan fingerprint density at radius 2 is 0.534 bits per heavy atom. The van der Waals surface area contributed by atoms with Gasteiger partial charge in [-0.15, -0.1) is 0 Å². The van der Waals surface area contributed by atoms with Crippen LogP contribution in [-0.2, 0) is 28.6 Å². The molecule has 0 radical (unpaired) electrons. The molecule has 0 bridgehead atoms. The monoisotopic (exact) mass is 1020 g/mol. The van der Waals surface area contributed by atoms with E-state index in [-0.39, 0.29) is 31.1 Å². The van der Waals surface area contributed by atoms with Crippen LogP contribution in [-0.4, -0.2) is 37.2 Å². The number of unbranched alkanes of at least 4 members (excludes halogenated alkanes) is 31. The zero-order valence-electron chi connectivity index (χ0n) is 48.1. The molecule has 0 aliphatic carbocycles. The van der Waals surface area contributed by atoms with Gasteiger partial charge in [0, 0.05) is 19.3 Å². The van der Waals surface area contributed by atoms with Gasteiger partial charge >= 0.3 is 17.9 Å². The fourth-order valence-corrected chi connectivity index (χ4v) is 8.69. The smallest absolute Gasteiger partial charge is 0.306 e. The first-order valence-corrected chi connectivity index (χ1v) is 31.1. The van der Waals surface area contributed by atoms with Crippen LogP contribution in [0.4, 0.5) is 0 Å². The van der Waals surface area contributed by atoms with E-state index < -0.39 is 6.10 Å². The summed E-state index contributed by atoms with van der Waals surface area (Å²) in [7, 11) is 0. The third kappa shape index (κ3) is 59.3. The Hall–Kier alpha value is -3.41. The highest BCUT2D eigenvalue weighted by Gasteiger charge is 2.19. The minimum absolute atomic E-state index is 0.0856. The Balaban J connectivity index is 4.36. The highest BCUT2D eigenvalue weighted by atomic mass is 16.6. The van der Waals surface area contributed by atoms with Gasteiger partial charge in [-0.25, -0.2) is 0 Å². The quantitative estimate of drug-likeness (QED) is 0.0261. The first kappa shape index (κ1) is 69.6. The SMILES string of the molecule is CC/C=C\C/C=C\C/C=C\CCCCCCCCCC(=O)OC(COC(=O)CCCCCCC/C=C\C/C=C\CCCCC)COC(=O)CCCCCCCCCCCCC/C=C\C/C=C\CCCCCCC. The zero-order chi connectivity index (χ0) is 52.9. The molecule has 1 unspecified atom stereocenters. The molecule has 0 spiro atoms. The van der Waals surface area contributed by atoms with Gasteiger partial charge in [-0.3, -0.25) is 14.4 Å². The van der Waals surface area contributed by atoms with Gasteiger partial charge < -0.3 is 14.2 Å². The average molecular weight is 1020 g/mol. The fourth-order valence-electron chi connectivity index (χ4n) is 8.69. The molecule has 6 heteroatoms. The predicted molar refractivity (Wildman–Crippen MR) is 316 cm³/mol. The molecular weight excluding hydrogens is 901 g/mol. The first-order valence-electron chi connectivity index (χ1n) is 31.1. The van der Waals surface area contributed by atoms with Gasteiger partial charge in [0.2, 0.25) is 0 Å². The van der Waals surface area contributed by atoms with Crippen LogP contribution in [0.2, 0.25) is 0 Å². The van der Waals surface area contributed by atoms with E-state index in [4.69, 9.17) is 14.2 Å². The standard InChI is InChI=1S/C67H116O6/c1-4-7-10-13-16-19-22-25-28-30-31-32-33-34-35-37-39-42-45-48-51-54-57-60-66(69)72-63-64(62-71-65(68)59-56-53-50-47-44-41-38-27-24-21-18-15-12-9-6-3)73-67(70)61-58-55-52-49-46-43-40-36-29-26-23-20-17-14-11-8-5-2/h8,11,17-18,20-22,25-27,29-31,38,64H,4-7,9-10,12-16,19,23-24,28,32-37,39-63H2,1-3H3/b11-8-,20-17-,21-18-,25-22-,29-26-,31-30-,38-27-. The third-order valence-corrected chi connectivity index (χ3v) is 13.4. The first-order chi connectivity index (χ1) is 36.0. The fraction of sp³-hybridized carbons (Fsp3) is 0.746. The van der Waals surface area contributed by atoms with E-state index in [1.54, 1.807) is 0 Å². The van der Waals surface area contributed by atoms with E-state index in [0.717, 1.165) is 109 Å². The molecule has 0 amide bonds. The predicted octanol–water partition coefficient (Wildman–Crippen LogP) is 21.1. The van der Waals surface area contributed by atoms with Crippen molar-refractivity contribution in [3.05, 3.63) is 85.1 Å². The summed E-state index contributed by atoms with van der Waals surface area (Å²) in [4.78, 5) is 38.3. The number of esters is 3. The van der Waals surface area contributed by atoms with Crippen LogP contribution < -0.4 is 0 Å². The lowest BCUT2D eigenvalue weighted by molar-refractivity contribution is -0.167. The van der Waals surface area contributed by atoms with Gasteiger partial charge in [0.05, 0.1) is 0 Å². The highest BCUT2D eigenvalue weighted by Crippen LogP contribution is 2.16. The van der Waals surface area contributed by atoms with E-state index in [2.05, 4.69) is 106 Å². The Labute approximate surface area is 452 Å².